The molecule has 0 bridgehead atoms. The van der Waals surface area contributed by atoms with Crippen LogP contribution in [0.2, 0.25) is 0 Å². The number of halogens is 5. The number of carbonyl (C=O) groups excluding carboxylic acids is 3. The minimum absolute atomic E-state index is 0.307. The molecule has 1 fully saturated rings. The second-order valence-electron chi connectivity index (χ2n) is 6.77. The maximum atomic E-state index is 13.5. The fourth-order valence-electron chi connectivity index (χ4n) is 2.18. The zero-order valence-corrected chi connectivity index (χ0v) is 15.0. The van der Waals surface area contributed by atoms with E-state index < -0.39 is 69.7 Å². The van der Waals surface area contributed by atoms with Crippen molar-refractivity contribution in [2.75, 3.05) is 0 Å². The maximum Gasteiger partial charge on any atom is 0.432 e. The van der Waals surface area contributed by atoms with Crippen LogP contribution in [0.5, 0.6) is 0 Å². The largest absolute Gasteiger partial charge is 0.443 e. The SMILES string of the molecule is CC(C)(C)C(=O)N1C(=O)CCC1C(=O)OC(C(F)(F)F)C(F)(F)S(=O)(=O)O. The average molecular weight is 425 g/mol. The molecule has 1 saturated heterocycles. The zero-order valence-electron chi connectivity index (χ0n) is 14.2. The Kier molecular flexibility index (Phi) is 5.99. The molecule has 14 heteroatoms. The number of rotatable bonds is 4. The Bertz CT molecular complexity index is 741. The van der Waals surface area contributed by atoms with Crippen molar-refractivity contribution in [2.24, 2.45) is 5.41 Å². The van der Waals surface area contributed by atoms with E-state index in [0.29, 0.717) is 4.90 Å². The number of ether oxygens (including phenoxy) is 1. The van der Waals surface area contributed by atoms with E-state index in [-0.39, 0.29) is 0 Å². The number of imide groups is 1. The Morgan fingerprint density at radius 1 is 1.19 bits per heavy atom. The lowest BCUT2D eigenvalue weighted by molar-refractivity contribution is -0.260. The minimum atomic E-state index is -6.60. The Morgan fingerprint density at radius 3 is 2.04 bits per heavy atom. The molecular weight excluding hydrogens is 409 g/mol. The first-order chi connectivity index (χ1) is 11.8. The predicted molar refractivity (Wildman–Crippen MR) is 76.8 cm³/mol. The summed E-state index contributed by atoms with van der Waals surface area (Å²) >= 11 is 0. The van der Waals surface area contributed by atoms with Gasteiger partial charge >= 0.3 is 27.5 Å². The van der Waals surface area contributed by atoms with Gasteiger partial charge in [0.2, 0.25) is 11.8 Å². The number of esters is 1. The molecule has 1 heterocycles. The molecule has 1 aliphatic rings. The van der Waals surface area contributed by atoms with Gasteiger partial charge in [-0.1, -0.05) is 20.8 Å². The Balaban J connectivity index is 3.23. The van der Waals surface area contributed by atoms with Gasteiger partial charge in [0.25, 0.3) is 6.10 Å². The summed E-state index contributed by atoms with van der Waals surface area (Å²) in [5.74, 6) is -3.94. The molecular formula is C13H16F5NO7S. The molecule has 0 saturated carbocycles. The van der Waals surface area contributed by atoms with E-state index in [0.717, 1.165) is 0 Å². The Hall–Kier alpha value is -1.83. The van der Waals surface area contributed by atoms with Gasteiger partial charge in [-0.15, -0.1) is 0 Å². The highest BCUT2D eigenvalue weighted by molar-refractivity contribution is 7.86. The molecule has 156 valence electrons. The monoisotopic (exact) mass is 425 g/mol. The van der Waals surface area contributed by atoms with Crippen molar-refractivity contribution >= 4 is 27.9 Å². The summed E-state index contributed by atoms with van der Waals surface area (Å²) in [6.07, 6.45) is -11.5. The number of amides is 2. The predicted octanol–water partition coefficient (Wildman–Crippen LogP) is 1.50. The molecule has 27 heavy (non-hydrogen) atoms. The van der Waals surface area contributed by atoms with Crippen LogP contribution in [0.4, 0.5) is 22.0 Å². The van der Waals surface area contributed by atoms with Gasteiger partial charge in [-0.25, -0.2) is 4.79 Å². The summed E-state index contributed by atoms with van der Waals surface area (Å²) in [6.45, 7) is 4.02. The van der Waals surface area contributed by atoms with Crippen molar-refractivity contribution in [1.82, 2.24) is 4.90 Å². The van der Waals surface area contributed by atoms with Crippen molar-refractivity contribution in [3.63, 3.8) is 0 Å². The zero-order chi connectivity index (χ0) is 21.6. The van der Waals surface area contributed by atoms with Crippen molar-refractivity contribution < 1.29 is 54.0 Å². The van der Waals surface area contributed by atoms with Crippen molar-refractivity contribution in [3.8, 4) is 0 Å². The third kappa shape index (κ3) is 4.72. The van der Waals surface area contributed by atoms with Gasteiger partial charge in [0, 0.05) is 11.8 Å². The summed E-state index contributed by atoms with van der Waals surface area (Å²) < 4.78 is 98.6. The number of nitrogens with zero attached hydrogens (tertiary/aromatic N) is 1. The number of likely N-dealkylation sites (tertiary alicyclic amines) is 1. The topological polar surface area (TPSA) is 118 Å². The number of hydrogen-bond acceptors (Lipinski definition) is 6. The van der Waals surface area contributed by atoms with Crippen molar-refractivity contribution in [1.29, 1.82) is 0 Å². The van der Waals surface area contributed by atoms with E-state index in [2.05, 4.69) is 4.74 Å². The highest BCUT2D eigenvalue weighted by Crippen LogP contribution is 2.39. The van der Waals surface area contributed by atoms with Gasteiger partial charge in [-0.05, 0) is 6.42 Å². The summed E-state index contributed by atoms with van der Waals surface area (Å²) in [5.41, 5.74) is -1.24. The molecule has 2 atom stereocenters. The van der Waals surface area contributed by atoms with Gasteiger partial charge in [0.05, 0.1) is 0 Å². The summed E-state index contributed by atoms with van der Waals surface area (Å²) in [4.78, 5) is 36.3. The molecule has 1 N–H and O–H groups in total. The van der Waals surface area contributed by atoms with Crippen LogP contribution >= 0.6 is 0 Å². The first kappa shape index (κ1) is 23.2. The molecule has 8 nitrogen and oxygen atoms in total. The van der Waals surface area contributed by atoms with Crippen LogP contribution in [0, 0.1) is 5.41 Å². The number of hydrogen-bond donors (Lipinski definition) is 1. The third-order valence-corrected chi connectivity index (χ3v) is 4.43. The quantitative estimate of drug-likeness (QED) is 0.412. The smallest absolute Gasteiger partial charge is 0.432 e. The Labute approximate surface area is 150 Å². The fraction of sp³-hybridized carbons (Fsp3) is 0.769. The molecule has 2 amide bonds. The lowest BCUT2D eigenvalue weighted by atomic mass is 9.94. The van der Waals surface area contributed by atoms with Crippen LogP contribution in [0.25, 0.3) is 0 Å². The molecule has 0 aromatic rings. The fourth-order valence-corrected chi connectivity index (χ4v) is 2.63. The first-order valence-electron chi connectivity index (χ1n) is 7.30. The summed E-state index contributed by atoms with van der Waals surface area (Å²) in [7, 11) is -6.60. The molecule has 1 rings (SSSR count). The maximum absolute atomic E-state index is 13.5. The molecule has 0 aromatic heterocycles. The highest BCUT2D eigenvalue weighted by Gasteiger charge is 2.66. The van der Waals surface area contributed by atoms with E-state index in [1.807, 2.05) is 0 Å². The van der Waals surface area contributed by atoms with Gasteiger partial charge in [0.1, 0.15) is 6.04 Å². The standard InChI is InChI=1S/C13H16F5NO7S/c1-11(2,3)10(22)19-6(4-5-7(19)20)8(21)26-9(12(14,15)16)13(17,18)27(23,24)25/h6,9H,4-5H2,1-3H3,(H,23,24,25). The third-order valence-electron chi connectivity index (χ3n) is 3.52. The van der Waals surface area contributed by atoms with Crippen LogP contribution in [0.1, 0.15) is 33.6 Å². The highest BCUT2D eigenvalue weighted by atomic mass is 32.2. The van der Waals surface area contributed by atoms with Gasteiger partial charge in [-0.3, -0.25) is 19.0 Å². The van der Waals surface area contributed by atoms with Crippen molar-refractivity contribution in [2.45, 2.75) is 57.2 Å². The first-order valence-corrected chi connectivity index (χ1v) is 8.74. The van der Waals surface area contributed by atoms with Crippen LogP contribution in [0.15, 0.2) is 0 Å². The molecule has 0 aromatic carbocycles. The van der Waals surface area contributed by atoms with E-state index in [1.165, 1.54) is 20.8 Å². The van der Waals surface area contributed by atoms with Crippen LogP contribution in [-0.4, -0.2) is 59.2 Å². The number of carbonyl (C=O) groups is 3. The molecule has 0 spiro atoms. The minimum Gasteiger partial charge on any atom is -0.443 e. The van der Waals surface area contributed by atoms with Gasteiger partial charge in [0.15, 0.2) is 0 Å². The van der Waals surface area contributed by atoms with Gasteiger partial charge < -0.3 is 4.74 Å². The lowest BCUT2D eigenvalue weighted by Gasteiger charge is -2.31. The van der Waals surface area contributed by atoms with Crippen LogP contribution in [0.3, 0.4) is 0 Å². The van der Waals surface area contributed by atoms with Gasteiger partial charge in [-0.2, -0.15) is 30.4 Å². The van der Waals surface area contributed by atoms with Crippen LogP contribution in [-0.2, 0) is 29.2 Å². The molecule has 0 aliphatic carbocycles. The normalized spacial score (nSPS) is 20.6. The molecule has 2 unspecified atom stereocenters. The number of alkyl halides is 5. The molecule has 0 radical (unpaired) electrons. The van der Waals surface area contributed by atoms with Crippen molar-refractivity contribution in [3.05, 3.63) is 0 Å². The van der Waals surface area contributed by atoms with E-state index >= 15 is 0 Å². The summed E-state index contributed by atoms with van der Waals surface area (Å²) in [5, 5.41) is -5.90. The molecule has 1 aliphatic heterocycles. The Morgan fingerprint density at radius 2 is 1.67 bits per heavy atom. The summed E-state index contributed by atoms with van der Waals surface area (Å²) in [6, 6.07) is -1.94. The second kappa shape index (κ2) is 6.96. The van der Waals surface area contributed by atoms with Crippen LogP contribution < -0.4 is 0 Å². The van der Waals surface area contributed by atoms with E-state index in [1.54, 1.807) is 0 Å². The van der Waals surface area contributed by atoms with E-state index in [9.17, 15) is 44.8 Å². The lowest BCUT2D eigenvalue weighted by Crippen LogP contribution is -2.55. The van der Waals surface area contributed by atoms with E-state index in [4.69, 9.17) is 4.55 Å². The average Bonchev–Trinajstić information content (AvgIpc) is 2.81. The second-order valence-corrected chi connectivity index (χ2v) is 8.26.